The third-order valence-electron chi connectivity index (χ3n) is 3.45. The molecule has 0 spiro atoms. The number of rotatable bonds is 6. The Bertz CT molecular complexity index is 533. The Morgan fingerprint density at radius 1 is 1.25 bits per heavy atom. The van der Waals surface area contributed by atoms with Crippen molar-refractivity contribution in [1.82, 2.24) is 10.3 Å². The summed E-state index contributed by atoms with van der Waals surface area (Å²) in [5.74, 6) is 0. The second kappa shape index (κ2) is 6.51. The third-order valence-corrected chi connectivity index (χ3v) is 4.68. The minimum absolute atomic E-state index is 0.0526. The van der Waals surface area contributed by atoms with E-state index >= 15 is 0 Å². The minimum Gasteiger partial charge on any atom is -0.303 e. The van der Waals surface area contributed by atoms with Crippen molar-refractivity contribution in [1.29, 1.82) is 0 Å². The fourth-order valence-electron chi connectivity index (χ4n) is 2.52. The first-order valence-electron chi connectivity index (χ1n) is 7.24. The Hall–Kier alpha value is -1.19. The molecule has 108 valence electrons. The smallest absolute Gasteiger partial charge is 0.113 e. The van der Waals surface area contributed by atoms with E-state index in [-0.39, 0.29) is 5.54 Å². The van der Waals surface area contributed by atoms with Gasteiger partial charge in [0.1, 0.15) is 5.01 Å². The molecule has 1 atom stereocenters. The predicted molar refractivity (Wildman–Crippen MR) is 87.2 cm³/mol. The summed E-state index contributed by atoms with van der Waals surface area (Å²) in [4.78, 5) is 4.70. The van der Waals surface area contributed by atoms with Crippen LogP contribution in [0, 0.1) is 6.92 Å². The molecule has 2 rings (SSSR count). The number of aromatic nitrogens is 1. The van der Waals surface area contributed by atoms with E-state index in [4.69, 9.17) is 4.98 Å². The molecule has 0 fully saturated rings. The molecule has 0 saturated heterocycles. The third kappa shape index (κ3) is 3.90. The van der Waals surface area contributed by atoms with Gasteiger partial charge in [0, 0.05) is 17.1 Å². The van der Waals surface area contributed by atoms with E-state index in [0.29, 0.717) is 6.04 Å². The van der Waals surface area contributed by atoms with Crippen molar-refractivity contribution in [2.45, 2.75) is 52.1 Å². The van der Waals surface area contributed by atoms with Gasteiger partial charge in [0.15, 0.2) is 0 Å². The standard InChI is InChI=1S/C17H24N2S/c1-13(2)19-17(4,16-18-14(3)12-20-16)11-10-15-8-6-5-7-9-15/h5-9,12-13,19H,10-11H2,1-4H3. The first-order valence-corrected chi connectivity index (χ1v) is 8.12. The Labute approximate surface area is 126 Å². The minimum atomic E-state index is -0.0526. The van der Waals surface area contributed by atoms with Gasteiger partial charge >= 0.3 is 0 Å². The fourth-order valence-corrected chi connectivity index (χ4v) is 3.48. The van der Waals surface area contributed by atoms with E-state index in [0.717, 1.165) is 18.5 Å². The molecule has 2 nitrogen and oxygen atoms in total. The normalized spacial score (nSPS) is 14.4. The summed E-state index contributed by atoms with van der Waals surface area (Å²) in [5, 5.41) is 7.04. The van der Waals surface area contributed by atoms with E-state index in [9.17, 15) is 0 Å². The van der Waals surface area contributed by atoms with Crippen molar-refractivity contribution >= 4 is 11.3 Å². The summed E-state index contributed by atoms with van der Waals surface area (Å²) < 4.78 is 0. The average Bonchev–Trinajstić information content (AvgIpc) is 2.84. The molecule has 0 bridgehead atoms. The lowest BCUT2D eigenvalue weighted by Gasteiger charge is -2.31. The number of thiazole rings is 1. The maximum atomic E-state index is 4.70. The van der Waals surface area contributed by atoms with Crippen LogP contribution in [0.4, 0.5) is 0 Å². The highest BCUT2D eigenvalue weighted by Gasteiger charge is 2.29. The van der Waals surface area contributed by atoms with E-state index in [1.54, 1.807) is 11.3 Å². The van der Waals surface area contributed by atoms with Gasteiger partial charge in [0.2, 0.25) is 0 Å². The van der Waals surface area contributed by atoms with Crippen LogP contribution in [-0.4, -0.2) is 11.0 Å². The van der Waals surface area contributed by atoms with Crippen LogP contribution < -0.4 is 5.32 Å². The highest BCUT2D eigenvalue weighted by molar-refractivity contribution is 7.09. The lowest BCUT2D eigenvalue weighted by Crippen LogP contribution is -2.44. The van der Waals surface area contributed by atoms with Crippen LogP contribution in [0.25, 0.3) is 0 Å². The summed E-state index contributed by atoms with van der Waals surface area (Å²) in [6, 6.07) is 11.1. The molecule has 0 aliphatic carbocycles. The summed E-state index contributed by atoms with van der Waals surface area (Å²) in [6.07, 6.45) is 2.12. The summed E-state index contributed by atoms with van der Waals surface area (Å²) in [6.45, 7) is 8.73. The maximum absolute atomic E-state index is 4.70. The average molecular weight is 288 g/mol. The molecule has 0 amide bonds. The lowest BCUT2D eigenvalue weighted by atomic mass is 9.93. The molecule has 1 aromatic carbocycles. The first-order chi connectivity index (χ1) is 9.49. The second-order valence-corrected chi connectivity index (χ2v) is 6.77. The Kier molecular flexibility index (Phi) is 4.95. The topological polar surface area (TPSA) is 24.9 Å². The molecule has 20 heavy (non-hydrogen) atoms. The van der Waals surface area contributed by atoms with Crippen LogP contribution >= 0.6 is 11.3 Å². The van der Waals surface area contributed by atoms with Gasteiger partial charge in [-0.3, -0.25) is 0 Å². The van der Waals surface area contributed by atoms with Crippen molar-refractivity contribution in [2.24, 2.45) is 0 Å². The van der Waals surface area contributed by atoms with Crippen molar-refractivity contribution in [3.8, 4) is 0 Å². The van der Waals surface area contributed by atoms with Gasteiger partial charge in [-0.2, -0.15) is 0 Å². The Morgan fingerprint density at radius 3 is 2.50 bits per heavy atom. The van der Waals surface area contributed by atoms with Crippen LogP contribution in [0.1, 0.15) is 43.5 Å². The van der Waals surface area contributed by atoms with E-state index in [2.05, 4.69) is 68.7 Å². The zero-order valence-electron chi connectivity index (χ0n) is 12.8. The van der Waals surface area contributed by atoms with Crippen LogP contribution in [0.5, 0.6) is 0 Å². The van der Waals surface area contributed by atoms with Gasteiger partial charge in [-0.25, -0.2) is 4.98 Å². The van der Waals surface area contributed by atoms with Crippen LogP contribution in [0.2, 0.25) is 0 Å². The monoisotopic (exact) mass is 288 g/mol. The molecule has 0 radical (unpaired) electrons. The van der Waals surface area contributed by atoms with Crippen molar-refractivity contribution in [2.75, 3.05) is 0 Å². The van der Waals surface area contributed by atoms with E-state index in [1.807, 2.05) is 0 Å². The van der Waals surface area contributed by atoms with E-state index < -0.39 is 0 Å². The molecular formula is C17H24N2S. The number of nitrogens with zero attached hydrogens (tertiary/aromatic N) is 1. The summed E-state index contributed by atoms with van der Waals surface area (Å²) in [7, 11) is 0. The molecule has 0 aliphatic heterocycles. The van der Waals surface area contributed by atoms with Crippen molar-refractivity contribution in [3.05, 3.63) is 52.0 Å². The largest absolute Gasteiger partial charge is 0.303 e. The summed E-state index contributed by atoms with van der Waals surface area (Å²) >= 11 is 1.76. The summed E-state index contributed by atoms with van der Waals surface area (Å²) in [5.41, 5.74) is 2.45. The number of aryl methyl sites for hydroxylation is 2. The van der Waals surface area contributed by atoms with Gasteiger partial charge in [0.05, 0.1) is 5.54 Å². The number of hydrogen-bond donors (Lipinski definition) is 1. The van der Waals surface area contributed by atoms with Gasteiger partial charge in [-0.1, -0.05) is 30.3 Å². The van der Waals surface area contributed by atoms with Crippen LogP contribution in [0.3, 0.4) is 0 Å². The molecule has 0 saturated carbocycles. The van der Waals surface area contributed by atoms with Gasteiger partial charge < -0.3 is 5.32 Å². The highest BCUT2D eigenvalue weighted by Crippen LogP contribution is 2.29. The van der Waals surface area contributed by atoms with Crippen molar-refractivity contribution in [3.63, 3.8) is 0 Å². The van der Waals surface area contributed by atoms with Gasteiger partial charge in [-0.05, 0) is 46.1 Å². The number of hydrogen-bond acceptors (Lipinski definition) is 3. The lowest BCUT2D eigenvalue weighted by molar-refractivity contribution is 0.310. The highest BCUT2D eigenvalue weighted by atomic mass is 32.1. The molecule has 1 aromatic heterocycles. The van der Waals surface area contributed by atoms with Gasteiger partial charge in [-0.15, -0.1) is 11.3 Å². The van der Waals surface area contributed by atoms with Gasteiger partial charge in [0.25, 0.3) is 0 Å². The van der Waals surface area contributed by atoms with E-state index in [1.165, 1.54) is 10.6 Å². The zero-order chi connectivity index (χ0) is 14.6. The molecule has 1 N–H and O–H groups in total. The second-order valence-electron chi connectivity index (χ2n) is 5.91. The fraction of sp³-hybridized carbons (Fsp3) is 0.471. The maximum Gasteiger partial charge on any atom is 0.113 e. The quantitative estimate of drug-likeness (QED) is 0.857. The molecule has 1 unspecified atom stereocenters. The predicted octanol–water partition coefficient (Wildman–Crippen LogP) is 4.30. The molecular weight excluding hydrogens is 264 g/mol. The Balaban J connectivity index is 2.15. The molecule has 0 aliphatic rings. The van der Waals surface area contributed by atoms with Crippen LogP contribution in [0.15, 0.2) is 35.7 Å². The molecule has 3 heteroatoms. The number of benzene rings is 1. The number of nitrogens with one attached hydrogen (secondary N) is 1. The first kappa shape index (κ1) is 15.2. The molecule has 1 heterocycles. The molecule has 2 aromatic rings. The SMILES string of the molecule is Cc1csc(C(C)(CCc2ccccc2)NC(C)C)n1. The van der Waals surface area contributed by atoms with Crippen molar-refractivity contribution < 1.29 is 0 Å². The Morgan fingerprint density at radius 2 is 1.95 bits per heavy atom. The van der Waals surface area contributed by atoms with Crippen LogP contribution in [-0.2, 0) is 12.0 Å². The zero-order valence-corrected chi connectivity index (χ0v) is 13.6.